The number of nitrogens with two attached hydrogens (primary N) is 1. The molecule has 3 nitrogen and oxygen atoms in total. The molecule has 0 aliphatic carbocycles. The highest BCUT2D eigenvalue weighted by Crippen LogP contribution is 2.21. The molecule has 0 aliphatic rings. The number of ether oxygens (including phenoxy) is 2. The maximum absolute atomic E-state index is 5.80. The zero-order chi connectivity index (χ0) is 11.3. The predicted molar refractivity (Wildman–Crippen MR) is 62.2 cm³/mol. The van der Waals surface area contributed by atoms with Crippen molar-refractivity contribution in [3.8, 4) is 5.75 Å². The van der Waals surface area contributed by atoms with Gasteiger partial charge in [-0.3, -0.25) is 0 Å². The monoisotopic (exact) mass is 209 g/mol. The molecule has 3 heteroatoms. The van der Waals surface area contributed by atoms with Crippen LogP contribution >= 0.6 is 0 Å². The number of aryl methyl sites for hydroxylation is 1. The SMILES string of the molecule is Cc1ccc(OCCOC(C)C)c(N)c1. The van der Waals surface area contributed by atoms with E-state index in [1.54, 1.807) is 0 Å². The minimum Gasteiger partial charge on any atom is -0.489 e. The van der Waals surface area contributed by atoms with Gasteiger partial charge in [-0.05, 0) is 38.5 Å². The molecule has 0 unspecified atom stereocenters. The average Bonchev–Trinajstić information content (AvgIpc) is 2.14. The van der Waals surface area contributed by atoms with Gasteiger partial charge in [0, 0.05) is 0 Å². The number of nitrogen functional groups attached to an aromatic ring is 1. The molecule has 0 amide bonds. The largest absolute Gasteiger partial charge is 0.489 e. The van der Waals surface area contributed by atoms with Gasteiger partial charge in [-0.25, -0.2) is 0 Å². The third-order valence-electron chi connectivity index (χ3n) is 1.96. The van der Waals surface area contributed by atoms with Crippen molar-refractivity contribution in [3.63, 3.8) is 0 Å². The first-order valence-corrected chi connectivity index (χ1v) is 5.20. The summed E-state index contributed by atoms with van der Waals surface area (Å²) in [4.78, 5) is 0. The smallest absolute Gasteiger partial charge is 0.142 e. The van der Waals surface area contributed by atoms with Crippen LogP contribution in [0.4, 0.5) is 5.69 Å². The molecule has 0 aromatic heterocycles. The highest BCUT2D eigenvalue weighted by atomic mass is 16.5. The average molecular weight is 209 g/mol. The van der Waals surface area contributed by atoms with Crippen LogP contribution in [0.5, 0.6) is 5.75 Å². The highest BCUT2D eigenvalue weighted by Gasteiger charge is 2.00. The molecule has 84 valence electrons. The van der Waals surface area contributed by atoms with Crippen LogP contribution < -0.4 is 10.5 Å². The summed E-state index contributed by atoms with van der Waals surface area (Å²) in [5, 5.41) is 0. The first-order valence-electron chi connectivity index (χ1n) is 5.20. The Morgan fingerprint density at radius 3 is 2.60 bits per heavy atom. The molecule has 1 aromatic carbocycles. The van der Waals surface area contributed by atoms with Crippen LogP contribution in [0.3, 0.4) is 0 Å². The maximum Gasteiger partial charge on any atom is 0.142 e. The van der Waals surface area contributed by atoms with E-state index in [2.05, 4.69) is 0 Å². The van der Waals surface area contributed by atoms with Crippen LogP contribution in [0.25, 0.3) is 0 Å². The number of anilines is 1. The Kier molecular flexibility index (Phi) is 4.43. The van der Waals surface area contributed by atoms with Crippen LogP contribution in [0.1, 0.15) is 19.4 Å². The summed E-state index contributed by atoms with van der Waals surface area (Å²) in [6.07, 6.45) is 0.240. The first-order chi connectivity index (χ1) is 7.09. The van der Waals surface area contributed by atoms with Crippen LogP contribution in [-0.4, -0.2) is 19.3 Å². The van der Waals surface area contributed by atoms with E-state index in [0.717, 1.165) is 11.3 Å². The molecule has 0 heterocycles. The second kappa shape index (κ2) is 5.61. The Bertz CT molecular complexity index is 310. The van der Waals surface area contributed by atoms with E-state index in [-0.39, 0.29) is 6.10 Å². The lowest BCUT2D eigenvalue weighted by atomic mass is 10.2. The van der Waals surface area contributed by atoms with E-state index in [1.165, 1.54) is 0 Å². The number of benzene rings is 1. The summed E-state index contributed by atoms with van der Waals surface area (Å²) in [6, 6.07) is 5.77. The van der Waals surface area contributed by atoms with Crippen LogP contribution in [-0.2, 0) is 4.74 Å². The number of hydrogen-bond acceptors (Lipinski definition) is 3. The Morgan fingerprint density at radius 1 is 1.27 bits per heavy atom. The molecule has 0 atom stereocenters. The van der Waals surface area contributed by atoms with E-state index in [4.69, 9.17) is 15.2 Å². The minimum atomic E-state index is 0.240. The third kappa shape index (κ3) is 4.21. The number of hydrogen-bond donors (Lipinski definition) is 1. The van der Waals surface area contributed by atoms with E-state index in [9.17, 15) is 0 Å². The topological polar surface area (TPSA) is 44.5 Å². The standard InChI is InChI=1S/C12H19NO2/c1-9(2)14-6-7-15-12-5-4-10(3)8-11(12)13/h4-5,8-9H,6-7,13H2,1-3H3. The summed E-state index contributed by atoms with van der Waals surface area (Å²) in [5.74, 6) is 0.730. The van der Waals surface area contributed by atoms with Gasteiger partial charge in [0.1, 0.15) is 12.4 Å². The fraction of sp³-hybridized carbons (Fsp3) is 0.500. The van der Waals surface area contributed by atoms with Crippen molar-refractivity contribution in [1.29, 1.82) is 0 Å². The van der Waals surface area contributed by atoms with Gasteiger partial charge in [0.15, 0.2) is 0 Å². The summed E-state index contributed by atoms with van der Waals surface area (Å²) < 4.78 is 10.9. The van der Waals surface area contributed by atoms with E-state index >= 15 is 0 Å². The van der Waals surface area contributed by atoms with E-state index < -0.39 is 0 Å². The van der Waals surface area contributed by atoms with Gasteiger partial charge in [-0.1, -0.05) is 6.07 Å². The van der Waals surface area contributed by atoms with Crippen molar-refractivity contribution < 1.29 is 9.47 Å². The summed E-state index contributed by atoms with van der Waals surface area (Å²) in [7, 11) is 0. The fourth-order valence-electron chi connectivity index (χ4n) is 1.23. The van der Waals surface area contributed by atoms with Gasteiger partial charge in [-0.15, -0.1) is 0 Å². The van der Waals surface area contributed by atoms with Gasteiger partial charge in [0.05, 0.1) is 18.4 Å². The Morgan fingerprint density at radius 2 is 2.00 bits per heavy atom. The molecule has 15 heavy (non-hydrogen) atoms. The first kappa shape index (κ1) is 11.9. The van der Waals surface area contributed by atoms with E-state index in [0.29, 0.717) is 18.9 Å². The van der Waals surface area contributed by atoms with Gasteiger partial charge in [0.25, 0.3) is 0 Å². The molecular weight excluding hydrogens is 190 g/mol. The molecule has 0 fully saturated rings. The van der Waals surface area contributed by atoms with Crippen molar-refractivity contribution in [1.82, 2.24) is 0 Å². The van der Waals surface area contributed by atoms with Gasteiger partial charge in [0.2, 0.25) is 0 Å². The molecular formula is C12H19NO2. The lowest BCUT2D eigenvalue weighted by molar-refractivity contribution is 0.0554. The van der Waals surface area contributed by atoms with Crippen LogP contribution in [0, 0.1) is 6.92 Å². The normalized spacial score (nSPS) is 10.7. The van der Waals surface area contributed by atoms with Crippen molar-refractivity contribution in [2.45, 2.75) is 26.9 Å². The molecule has 0 aliphatic heterocycles. The molecule has 0 saturated heterocycles. The van der Waals surface area contributed by atoms with Gasteiger partial charge < -0.3 is 15.2 Å². The zero-order valence-electron chi connectivity index (χ0n) is 9.62. The second-order valence-corrected chi connectivity index (χ2v) is 3.81. The quantitative estimate of drug-likeness (QED) is 0.598. The molecule has 2 N–H and O–H groups in total. The number of rotatable bonds is 5. The lowest BCUT2D eigenvalue weighted by Gasteiger charge is -2.11. The van der Waals surface area contributed by atoms with Crippen molar-refractivity contribution >= 4 is 5.69 Å². The van der Waals surface area contributed by atoms with E-state index in [1.807, 2.05) is 39.0 Å². The molecule has 0 bridgehead atoms. The predicted octanol–water partition coefficient (Wildman–Crippen LogP) is 2.38. The minimum absolute atomic E-state index is 0.240. The maximum atomic E-state index is 5.80. The van der Waals surface area contributed by atoms with Crippen molar-refractivity contribution in [2.75, 3.05) is 18.9 Å². The zero-order valence-corrected chi connectivity index (χ0v) is 9.62. The Hall–Kier alpha value is -1.22. The molecule has 0 spiro atoms. The molecule has 1 rings (SSSR count). The molecule has 0 radical (unpaired) electrons. The van der Waals surface area contributed by atoms with Crippen molar-refractivity contribution in [3.05, 3.63) is 23.8 Å². The third-order valence-corrected chi connectivity index (χ3v) is 1.96. The lowest BCUT2D eigenvalue weighted by Crippen LogP contribution is -2.11. The summed E-state index contributed by atoms with van der Waals surface area (Å²) >= 11 is 0. The summed E-state index contributed by atoms with van der Waals surface area (Å²) in [5.41, 5.74) is 7.62. The Labute approximate surface area is 91.2 Å². The Balaban J connectivity index is 2.37. The molecule has 0 saturated carbocycles. The van der Waals surface area contributed by atoms with Crippen molar-refractivity contribution in [2.24, 2.45) is 0 Å². The molecule has 1 aromatic rings. The van der Waals surface area contributed by atoms with Crippen LogP contribution in [0.15, 0.2) is 18.2 Å². The van der Waals surface area contributed by atoms with Crippen LogP contribution in [0.2, 0.25) is 0 Å². The second-order valence-electron chi connectivity index (χ2n) is 3.81. The summed E-state index contributed by atoms with van der Waals surface area (Å²) in [6.45, 7) is 7.12. The fourth-order valence-corrected chi connectivity index (χ4v) is 1.23. The van der Waals surface area contributed by atoms with Gasteiger partial charge in [-0.2, -0.15) is 0 Å². The highest BCUT2D eigenvalue weighted by molar-refractivity contribution is 5.53. The van der Waals surface area contributed by atoms with Gasteiger partial charge >= 0.3 is 0 Å².